The lowest BCUT2D eigenvalue weighted by Crippen LogP contribution is -2.16. The summed E-state index contributed by atoms with van der Waals surface area (Å²) >= 11 is 1.53. The molecule has 4 heteroatoms. The Balaban J connectivity index is 3.48. The van der Waals surface area contributed by atoms with E-state index in [0.717, 1.165) is 44.3 Å². The van der Waals surface area contributed by atoms with E-state index in [1.165, 1.54) is 11.8 Å². The minimum atomic E-state index is -0.692. The largest absolute Gasteiger partial charge is 0.480 e. The number of carboxylic acid groups (broad SMARTS) is 1. The number of rotatable bonds is 11. The fourth-order valence-corrected chi connectivity index (χ4v) is 2.57. The maximum Gasteiger partial charge on any atom is 0.316 e. The Bertz CT molecular complexity index is 176. The lowest BCUT2D eigenvalue weighted by molar-refractivity contribution is -0.136. The highest BCUT2D eigenvalue weighted by atomic mass is 32.2. The zero-order valence-electron chi connectivity index (χ0n) is 10.1. The van der Waals surface area contributed by atoms with Crippen LogP contribution in [0, 0.1) is 0 Å². The van der Waals surface area contributed by atoms with E-state index in [-0.39, 0.29) is 11.9 Å². The van der Waals surface area contributed by atoms with Crippen molar-refractivity contribution in [2.45, 2.75) is 57.1 Å². The first-order chi connectivity index (χ1) is 7.72. The van der Waals surface area contributed by atoms with Gasteiger partial charge in [0, 0.05) is 0 Å². The average Bonchev–Trinajstić information content (AvgIpc) is 2.26. The first kappa shape index (κ1) is 15.8. The first-order valence-electron chi connectivity index (χ1n) is 6.12. The minimum absolute atomic E-state index is 0.235. The maximum atomic E-state index is 11.8. The van der Waals surface area contributed by atoms with Crippen molar-refractivity contribution >= 4 is 17.7 Å². The Morgan fingerprint density at radius 3 is 2.50 bits per heavy atom. The van der Waals surface area contributed by atoms with Crippen LogP contribution in [-0.2, 0) is 4.79 Å². The summed E-state index contributed by atoms with van der Waals surface area (Å²) in [6.07, 6.45) is 6.36. The highest BCUT2D eigenvalue weighted by Gasteiger charge is 2.16. The normalized spacial score (nSPS) is 12.6. The van der Waals surface area contributed by atoms with Crippen LogP contribution in [0.3, 0.4) is 0 Å². The molecule has 0 radical (unpaired) electrons. The predicted molar refractivity (Wildman–Crippen MR) is 67.8 cm³/mol. The molecule has 0 spiro atoms. The molecule has 16 heavy (non-hydrogen) atoms. The molecule has 96 valence electrons. The number of carboxylic acids is 1. The van der Waals surface area contributed by atoms with Gasteiger partial charge in [-0.1, -0.05) is 32.6 Å². The number of carbonyl (C=O) groups is 1. The number of unbranched alkanes of at least 4 members (excludes halogenated alkanes) is 4. The van der Waals surface area contributed by atoms with Crippen LogP contribution in [-0.4, -0.2) is 28.8 Å². The SMILES string of the molecule is CCCCC(SCCCCCCF)C(=O)O. The maximum absolute atomic E-state index is 11.8. The third-order valence-electron chi connectivity index (χ3n) is 2.44. The van der Waals surface area contributed by atoms with Crippen LogP contribution in [0.2, 0.25) is 0 Å². The van der Waals surface area contributed by atoms with Gasteiger partial charge >= 0.3 is 5.97 Å². The van der Waals surface area contributed by atoms with Crippen molar-refractivity contribution in [2.24, 2.45) is 0 Å². The van der Waals surface area contributed by atoms with Gasteiger partial charge in [0.05, 0.1) is 6.67 Å². The number of hydrogen-bond donors (Lipinski definition) is 1. The van der Waals surface area contributed by atoms with Crippen molar-refractivity contribution in [3.05, 3.63) is 0 Å². The molecule has 0 fully saturated rings. The van der Waals surface area contributed by atoms with E-state index in [0.29, 0.717) is 6.42 Å². The number of hydrogen-bond acceptors (Lipinski definition) is 2. The van der Waals surface area contributed by atoms with E-state index in [9.17, 15) is 9.18 Å². The minimum Gasteiger partial charge on any atom is -0.480 e. The molecule has 0 aliphatic heterocycles. The first-order valence-corrected chi connectivity index (χ1v) is 7.17. The standard InChI is InChI=1S/C12H23FO2S/c1-2-3-8-11(12(14)15)16-10-7-5-4-6-9-13/h11H,2-10H2,1H3,(H,14,15). The molecule has 1 unspecified atom stereocenters. The molecule has 0 aromatic heterocycles. The molecule has 0 aliphatic rings. The van der Waals surface area contributed by atoms with Gasteiger partial charge in [-0.3, -0.25) is 9.18 Å². The molecule has 2 nitrogen and oxygen atoms in total. The summed E-state index contributed by atoms with van der Waals surface area (Å²) in [6.45, 7) is 1.84. The van der Waals surface area contributed by atoms with E-state index in [4.69, 9.17) is 5.11 Å². The smallest absolute Gasteiger partial charge is 0.316 e. The van der Waals surface area contributed by atoms with Crippen LogP contribution in [0.1, 0.15) is 51.9 Å². The molecule has 0 saturated carbocycles. The molecular weight excluding hydrogens is 227 g/mol. The zero-order chi connectivity index (χ0) is 12.2. The molecule has 1 atom stereocenters. The number of aliphatic carboxylic acids is 1. The Kier molecular flexibility index (Phi) is 11.1. The lowest BCUT2D eigenvalue weighted by Gasteiger charge is -2.10. The Hall–Kier alpha value is -0.250. The molecule has 0 rings (SSSR count). The van der Waals surface area contributed by atoms with Crippen molar-refractivity contribution in [1.82, 2.24) is 0 Å². The zero-order valence-corrected chi connectivity index (χ0v) is 10.9. The number of thioether (sulfide) groups is 1. The van der Waals surface area contributed by atoms with Crippen LogP contribution in [0.25, 0.3) is 0 Å². The topological polar surface area (TPSA) is 37.3 Å². The highest BCUT2D eigenvalue weighted by Crippen LogP contribution is 2.19. The van der Waals surface area contributed by atoms with Crippen molar-refractivity contribution in [3.63, 3.8) is 0 Å². The van der Waals surface area contributed by atoms with Gasteiger partial charge in [0.1, 0.15) is 5.25 Å². The van der Waals surface area contributed by atoms with Crippen LogP contribution >= 0.6 is 11.8 Å². The molecule has 0 aliphatic carbocycles. The predicted octanol–water partition coefficient (Wildman–Crippen LogP) is 3.89. The van der Waals surface area contributed by atoms with Gasteiger partial charge in [-0.05, 0) is 25.0 Å². The molecule has 0 aromatic carbocycles. The second-order valence-electron chi connectivity index (χ2n) is 3.94. The summed E-state index contributed by atoms with van der Waals surface area (Å²) in [5.41, 5.74) is 0. The summed E-state index contributed by atoms with van der Waals surface area (Å²) < 4.78 is 11.8. The second kappa shape index (κ2) is 11.2. The van der Waals surface area contributed by atoms with Crippen molar-refractivity contribution in [3.8, 4) is 0 Å². The Labute approximate surface area is 102 Å². The van der Waals surface area contributed by atoms with Crippen LogP contribution in [0.5, 0.6) is 0 Å². The lowest BCUT2D eigenvalue weighted by atomic mass is 10.2. The average molecular weight is 250 g/mol. The van der Waals surface area contributed by atoms with Gasteiger partial charge in [0.2, 0.25) is 0 Å². The van der Waals surface area contributed by atoms with Gasteiger partial charge in [-0.25, -0.2) is 0 Å². The second-order valence-corrected chi connectivity index (χ2v) is 5.25. The van der Waals surface area contributed by atoms with E-state index < -0.39 is 5.97 Å². The Morgan fingerprint density at radius 1 is 1.25 bits per heavy atom. The monoisotopic (exact) mass is 250 g/mol. The fraction of sp³-hybridized carbons (Fsp3) is 0.917. The van der Waals surface area contributed by atoms with Gasteiger partial charge in [0.15, 0.2) is 0 Å². The summed E-state index contributed by atoms with van der Waals surface area (Å²) in [5, 5.41) is 8.72. The van der Waals surface area contributed by atoms with Gasteiger partial charge in [-0.15, -0.1) is 11.8 Å². The third kappa shape index (κ3) is 9.01. The number of alkyl halides is 1. The summed E-state index contributed by atoms with van der Waals surface area (Å²) in [4.78, 5) is 10.9. The van der Waals surface area contributed by atoms with Crippen molar-refractivity contribution < 1.29 is 14.3 Å². The quantitative estimate of drug-likeness (QED) is 0.565. The summed E-state index contributed by atoms with van der Waals surface area (Å²) in [5.74, 6) is 0.190. The fourth-order valence-electron chi connectivity index (χ4n) is 1.44. The third-order valence-corrected chi connectivity index (χ3v) is 3.81. The van der Waals surface area contributed by atoms with Gasteiger partial charge in [-0.2, -0.15) is 0 Å². The van der Waals surface area contributed by atoms with E-state index in [2.05, 4.69) is 6.92 Å². The van der Waals surface area contributed by atoms with Crippen LogP contribution < -0.4 is 0 Å². The van der Waals surface area contributed by atoms with Crippen LogP contribution in [0.4, 0.5) is 4.39 Å². The van der Waals surface area contributed by atoms with E-state index >= 15 is 0 Å². The Morgan fingerprint density at radius 2 is 1.94 bits per heavy atom. The van der Waals surface area contributed by atoms with Gasteiger partial charge in [0.25, 0.3) is 0 Å². The number of halogens is 1. The van der Waals surface area contributed by atoms with Crippen molar-refractivity contribution in [2.75, 3.05) is 12.4 Å². The molecule has 0 saturated heterocycles. The highest BCUT2D eigenvalue weighted by molar-refractivity contribution is 8.00. The molecule has 1 N–H and O–H groups in total. The van der Waals surface area contributed by atoms with E-state index in [1.807, 2.05) is 0 Å². The molecule has 0 amide bonds. The summed E-state index contributed by atoms with van der Waals surface area (Å²) in [7, 11) is 0. The van der Waals surface area contributed by atoms with Crippen molar-refractivity contribution in [1.29, 1.82) is 0 Å². The van der Waals surface area contributed by atoms with Gasteiger partial charge < -0.3 is 5.11 Å². The molecule has 0 aromatic rings. The van der Waals surface area contributed by atoms with Crippen LogP contribution in [0.15, 0.2) is 0 Å². The molecular formula is C12H23FO2S. The molecule has 0 heterocycles. The molecule has 0 bridgehead atoms. The summed E-state index contributed by atoms with van der Waals surface area (Å²) in [6, 6.07) is 0. The van der Waals surface area contributed by atoms with E-state index in [1.54, 1.807) is 0 Å².